The van der Waals surface area contributed by atoms with Gasteiger partial charge in [-0.25, -0.2) is 9.78 Å². The number of methoxy groups -OCH3 is 2. The molecule has 0 atom stereocenters. The van der Waals surface area contributed by atoms with Crippen LogP contribution in [0.5, 0.6) is 5.88 Å². The molecule has 0 saturated carbocycles. The third-order valence-electron chi connectivity index (χ3n) is 2.84. The number of halogens is 1. The van der Waals surface area contributed by atoms with Gasteiger partial charge in [-0.2, -0.15) is 0 Å². The van der Waals surface area contributed by atoms with Crippen LogP contribution >= 0.6 is 11.6 Å². The van der Waals surface area contributed by atoms with E-state index in [4.69, 9.17) is 21.1 Å². The Morgan fingerprint density at radius 1 is 1.29 bits per heavy atom. The first-order valence-electron chi connectivity index (χ1n) is 6.25. The van der Waals surface area contributed by atoms with E-state index in [0.29, 0.717) is 28.7 Å². The lowest BCUT2D eigenvalue weighted by Gasteiger charge is -2.11. The van der Waals surface area contributed by atoms with Gasteiger partial charge in [-0.1, -0.05) is 17.7 Å². The number of anilines is 1. The van der Waals surface area contributed by atoms with E-state index in [0.717, 1.165) is 5.69 Å². The summed E-state index contributed by atoms with van der Waals surface area (Å²) in [6.45, 7) is 0.432. The summed E-state index contributed by atoms with van der Waals surface area (Å²) in [7, 11) is 2.90. The van der Waals surface area contributed by atoms with E-state index >= 15 is 0 Å². The van der Waals surface area contributed by atoms with Crippen molar-refractivity contribution in [2.75, 3.05) is 19.5 Å². The van der Waals surface area contributed by atoms with Crippen LogP contribution in [0.25, 0.3) is 0 Å². The number of rotatable bonds is 5. The molecule has 1 heterocycles. The van der Waals surface area contributed by atoms with Crippen LogP contribution in [-0.2, 0) is 11.3 Å². The van der Waals surface area contributed by atoms with Crippen LogP contribution in [0.3, 0.4) is 0 Å². The molecule has 1 aromatic heterocycles. The molecular weight excluding hydrogens is 292 g/mol. The maximum Gasteiger partial charge on any atom is 0.339 e. The van der Waals surface area contributed by atoms with E-state index in [-0.39, 0.29) is 0 Å². The van der Waals surface area contributed by atoms with Gasteiger partial charge in [0.05, 0.1) is 37.7 Å². The Morgan fingerprint density at radius 3 is 2.81 bits per heavy atom. The lowest BCUT2D eigenvalue weighted by Crippen LogP contribution is -2.09. The predicted octanol–water partition coefficient (Wildman–Crippen LogP) is 3.14. The van der Waals surface area contributed by atoms with Gasteiger partial charge in [0.15, 0.2) is 0 Å². The fourth-order valence-corrected chi connectivity index (χ4v) is 1.98. The summed E-state index contributed by atoms with van der Waals surface area (Å²) in [5.74, 6) is 0.112. The molecule has 0 aliphatic carbocycles. The number of pyridine rings is 1. The van der Waals surface area contributed by atoms with Gasteiger partial charge in [0.2, 0.25) is 5.88 Å². The molecule has 0 aliphatic heterocycles. The lowest BCUT2D eigenvalue weighted by atomic mass is 10.1. The topological polar surface area (TPSA) is 60.5 Å². The maximum atomic E-state index is 11.7. The number of nitrogens with one attached hydrogen (secondary N) is 1. The molecular formula is C15H15ClN2O3. The molecule has 0 amide bonds. The van der Waals surface area contributed by atoms with Gasteiger partial charge in [0, 0.05) is 11.1 Å². The first kappa shape index (κ1) is 15.1. The van der Waals surface area contributed by atoms with Gasteiger partial charge in [-0.05, 0) is 24.3 Å². The number of nitrogens with zero attached hydrogens (tertiary/aromatic N) is 1. The second kappa shape index (κ2) is 6.95. The van der Waals surface area contributed by atoms with Crippen LogP contribution in [0.4, 0.5) is 5.69 Å². The van der Waals surface area contributed by atoms with Crippen LogP contribution < -0.4 is 10.1 Å². The Balaban J connectivity index is 2.18. The molecule has 0 saturated heterocycles. The van der Waals surface area contributed by atoms with Crippen molar-refractivity contribution in [3.8, 4) is 5.88 Å². The number of hydrogen-bond acceptors (Lipinski definition) is 5. The Labute approximate surface area is 127 Å². The van der Waals surface area contributed by atoms with E-state index in [9.17, 15) is 4.79 Å². The summed E-state index contributed by atoms with van der Waals surface area (Å²) in [5.41, 5.74) is 1.80. The summed E-state index contributed by atoms with van der Waals surface area (Å²) in [6, 6.07) is 10.4. The van der Waals surface area contributed by atoms with E-state index in [1.807, 2.05) is 12.1 Å². The van der Waals surface area contributed by atoms with Crippen molar-refractivity contribution in [1.82, 2.24) is 4.98 Å². The number of ether oxygens (including phenoxy) is 2. The number of carbonyl (C=O) groups is 1. The van der Waals surface area contributed by atoms with Crippen LogP contribution in [0.2, 0.25) is 5.02 Å². The summed E-state index contributed by atoms with van der Waals surface area (Å²) >= 11 is 5.97. The van der Waals surface area contributed by atoms with Crippen molar-refractivity contribution in [2.45, 2.75) is 6.54 Å². The summed E-state index contributed by atoms with van der Waals surface area (Å²) in [5, 5.41) is 3.66. The highest BCUT2D eigenvalue weighted by Crippen LogP contribution is 2.22. The quantitative estimate of drug-likeness (QED) is 0.860. The van der Waals surface area contributed by atoms with Gasteiger partial charge in [0.1, 0.15) is 0 Å². The molecule has 5 nitrogen and oxygen atoms in total. The smallest absolute Gasteiger partial charge is 0.339 e. The van der Waals surface area contributed by atoms with Crippen LogP contribution in [0.15, 0.2) is 36.4 Å². The van der Waals surface area contributed by atoms with Gasteiger partial charge in [-0.3, -0.25) is 0 Å². The largest absolute Gasteiger partial charge is 0.481 e. The molecule has 2 aromatic rings. The van der Waals surface area contributed by atoms with Crippen molar-refractivity contribution >= 4 is 23.3 Å². The van der Waals surface area contributed by atoms with Gasteiger partial charge >= 0.3 is 5.97 Å². The van der Waals surface area contributed by atoms with Crippen molar-refractivity contribution < 1.29 is 14.3 Å². The van der Waals surface area contributed by atoms with Crippen molar-refractivity contribution in [2.24, 2.45) is 0 Å². The molecule has 0 spiro atoms. The number of benzene rings is 1. The summed E-state index contributed by atoms with van der Waals surface area (Å²) in [4.78, 5) is 16.0. The van der Waals surface area contributed by atoms with Crippen LogP contribution in [0, 0.1) is 0 Å². The molecule has 1 aromatic carbocycles. The van der Waals surface area contributed by atoms with Gasteiger partial charge in [0.25, 0.3) is 0 Å². The number of aromatic nitrogens is 1. The van der Waals surface area contributed by atoms with E-state index in [2.05, 4.69) is 10.3 Å². The minimum Gasteiger partial charge on any atom is -0.481 e. The zero-order chi connectivity index (χ0) is 15.2. The number of esters is 1. The number of hydrogen-bond donors (Lipinski definition) is 1. The fourth-order valence-electron chi connectivity index (χ4n) is 1.81. The standard InChI is InChI=1S/C15H15ClN2O3/c1-20-14-5-3-4-11(18-14)9-17-13-8-10(16)6-7-12(13)15(19)21-2/h3-8,17H,9H2,1-2H3. The normalized spacial score (nSPS) is 10.0. The Morgan fingerprint density at radius 2 is 2.10 bits per heavy atom. The average molecular weight is 307 g/mol. The van der Waals surface area contributed by atoms with Crippen LogP contribution in [-0.4, -0.2) is 25.2 Å². The molecule has 0 fully saturated rings. The van der Waals surface area contributed by atoms with Crippen molar-refractivity contribution in [1.29, 1.82) is 0 Å². The Bertz CT molecular complexity index is 647. The minimum atomic E-state index is -0.423. The monoisotopic (exact) mass is 306 g/mol. The SMILES string of the molecule is COC(=O)c1ccc(Cl)cc1NCc1cccc(OC)n1. The van der Waals surface area contributed by atoms with Crippen molar-refractivity contribution in [3.63, 3.8) is 0 Å². The van der Waals surface area contributed by atoms with Gasteiger partial charge in [-0.15, -0.1) is 0 Å². The molecule has 0 radical (unpaired) electrons. The third-order valence-corrected chi connectivity index (χ3v) is 3.07. The first-order valence-corrected chi connectivity index (χ1v) is 6.63. The summed E-state index contributed by atoms with van der Waals surface area (Å²) < 4.78 is 9.82. The highest BCUT2D eigenvalue weighted by molar-refractivity contribution is 6.31. The van der Waals surface area contributed by atoms with Crippen molar-refractivity contribution in [3.05, 3.63) is 52.7 Å². The summed E-state index contributed by atoms with van der Waals surface area (Å²) in [6.07, 6.45) is 0. The highest BCUT2D eigenvalue weighted by Gasteiger charge is 2.12. The highest BCUT2D eigenvalue weighted by atomic mass is 35.5. The first-order chi connectivity index (χ1) is 10.1. The molecule has 0 unspecified atom stereocenters. The molecule has 6 heteroatoms. The minimum absolute atomic E-state index is 0.421. The van der Waals surface area contributed by atoms with Crippen LogP contribution in [0.1, 0.15) is 16.1 Å². The molecule has 110 valence electrons. The zero-order valence-corrected chi connectivity index (χ0v) is 12.5. The van der Waals surface area contributed by atoms with E-state index < -0.39 is 5.97 Å². The fraction of sp³-hybridized carbons (Fsp3) is 0.200. The average Bonchev–Trinajstić information content (AvgIpc) is 2.52. The predicted molar refractivity (Wildman–Crippen MR) is 80.9 cm³/mol. The molecule has 0 bridgehead atoms. The zero-order valence-electron chi connectivity index (χ0n) is 11.7. The Kier molecular flexibility index (Phi) is 5.00. The Hall–Kier alpha value is -2.27. The molecule has 21 heavy (non-hydrogen) atoms. The number of carbonyl (C=O) groups excluding carboxylic acids is 1. The lowest BCUT2D eigenvalue weighted by molar-refractivity contribution is 0.0602. The maximum absolute atomic E-state index is 11.7. The molecule has 0 aliphatic rings. The van der Waals surface area contributed by atoms with E-state index in [1.54, 1.807) is 31.4 Å². The molecule has 1 N–H and O–H groups in total. The second-order valence-corrected chi connectivity index (χ2v) is 4.64. The second-order valence-electron chi connectivity index (χ2n) is 4.21. The van der Waals surface area contributed by atoms with Gasteiger partial charge < -0.3 is 14.8 Å². The molecule has 2 rings (SSSR count). The third kappa shape index (κ3) is 3.86. The van der Waals surface area contributed by atoms with E-state index in [1.165, 1.54) is 7.11 Å².